The highest BCUT2D eigenvalue weighted by Crippen LogP contribution is 2.21. The van der Waals surface area contributed by atoms with E-state index < -0.39 is 21.6 Å². The lowest BCUT2D eigenvalue weighted by Gasteiger charge is -2.27. The van der Waals surface area contributed by atoms with Gasteiger partial charge in [0.15, 0.2) is 9.84 Å². The molecule has 1 aromatic rings. The highest BCUT2D eigenvalue weighted by molar-refractivity contribution is 7.91. The number of hydrogen-bond donors (Lipinski definition) is 0. The fourth-order valence-corrected chi connectivity index (χ4v) is 4.28. The molecule has 110 valence electrons. The highest BCUT2D eigenvalue weighted by atomic mass is 32.2. The molecular formula is C14H18FNO3S. The Labute approximate surface area is 118 Å². The minimum atomic E-state index is -3.07. The number of halogens is 1. The standard InChI is InChI=1S/C14H18FNO3S/c1-3-16(11-6-7-20(18,19)9-11)14(17)12-8-10(2)4-5-13(12)15/h4-5,8,11H,3,6-7,9H2,1-2H3. The first kappa shape index (κ1) is 15.0. The summed E-state index contributed by atoms with van der Waals surface area (Å²) in [5.41, 5.74) is 0.806. The van der Waals surface area contributed by atoms with E-state index in [1.54, 1.807) is 19.9 Å². The first-order chi connectivity index (χ1) is 9.34. The van der Waals surface area contributed by atoms with Gasteiger partial charge in [-0.3, -0.25) is 4.79 Å². The molecule has 1 aromatic carbocycles. The molecule has 6 heteroatoms. The zero-order valence-electron chi connectivity index (χ0n) is 11.6. The van der Waals surface area contributed by atoms with Crippen LogP contribution in [0.4, 0.5) is 4.39 Å². The van der Waals surface area contributed by atoms with Crippen molar-refractivity contribution in [2.24, 2.45) is 0 Å². The predicted octanol–water partition coefficient (Wildman–Crippen LogP) is 1.78. The number of sulfone groups is 1. The predicted molar refractivity (Wildman–Crippen MR) is 74.9 cm³/mol. The molecule has 0 N–H and O–H groups in total. The Hall–Kier alpha value is -1.43. The van der Waals surface area contributed by atoms with Crippen molar-refractivity contribution >= 4 is 15.7 Å². The van der Waals surface area contributed by atoms with Crippen molar-refractivity contribution < 1.29 is 17.6 Å². The fourth-order valence-electron chi connectivity index (χ4n) is 2.55. The van der Waals surface area contributed by atoms with Gasteiger partial charge in [-0.15, -0.1) is 0 Å². The fraction of sp³-hybridized carbons (Fsp3) is 0.500. The van der Waals surface area contributed by atoms with E-state index in [-0.39, 0.29) is 23.1 Å². The van der Waals surface area contributed by atoms with Crippen LogP contribution in [0, 0.1) is 12.7 Å². The van der Waals surface area contributed by atoms with Crippen LogP contribution in [0.2, 0.25) is 0 Å². The van der Waals surface area contributed by atoms with E-state index in [0.717, 1.165) is 5.56 Å². The van der Waals surface area contributed by atoms with Crippen LogP contribution in [0.3, 0.4) is 0 Å². The van der Waals surface area contributed by atoms with E-state index in [1.807, 2.05) is 0 Å². The lowest BCUT2D eigenvalue weighted by atomic mass is 10.1. The third-order valence-electron chi connectivity index (χ3n) is 3.60. The van der Waals surface area contributed by atoms with Crippen molar-refractivity contribution in [3.8, 4) is 0 Å². The van der Waals surface area contributed by atoms with Crippen molar-refractivity contribution in [3.05, 3.63) is 35.1 Å². The number of aryl methyl sites for hydroxylation is 1. The van der Waals surface area contributed by atoms with Gasteiger partial charge in [-0.1, -0.05) is 11.6 Å². The Morgan fingerprint density at radius 3 is 2.70 bits per heavy atom. The van der Waals surface area contributed by atoms with Gasteiger partial charge >= 0.3 is 0 Å². The molecule has 1 saturated heterocycles. The van der Waals surface area contributed by atoms with Crippen LogP contribution in [0.1, 0.15) is 29.3 Å². The van der Waals surface area contributed by atoms with Gasteiger partial charge < -0.3 is 4.90 Å². The Kier molecular flexibility index (Phi) is 4.13. The molecular weight excluding hydrogens is 281 g/mol. The third-order valence-corrected chi connectivity index (χ3v) is 5.35. The second kappa shape index (κ2) is 5.52. The maximum Gasteiger partial charge on any atom is 0.257 e. The van der Waals surface area contributed by atoms with Crippen LogP contribution in [0.25, 0.3) is 0 Å². The molecule has 0 aromatic heterocycles. The molecule has 1 heterocycles. The van der Waals surface area contributed by atoms with Crippen molar-refractivity contribution in [1.29, 1.82) is 0 Å². The zero-order valence-corrected chi connectivity index (χ0v) is 12.4. The van der Waals surface area contributed by atoms with Crippen molar-refractivity contribution in [2.75, 3.05) is 18.1 Å². The van der Waals surface area contributed by atoms with Crippen LogP contribution in [0.15, 0.2) is 18.2 Å². The average Bonchev–Trinajstić information content (AvgIpc) is 2.73. The van der Waals surface area contributed by atoms with Gasteiger partial charge in [-0.2, -0.15) is 0 Å². The Balaban J connectivity index is 2.28. The van der Waals surface area contributed by atoms with Crippen molar-refractivity contribution in [1.82, 2.24) is 4.90 Å². The van der Waals surface area contributed by atoms with Gasteiger partial charge in [0, 0.05) is 12.6 Å². The molecule has 20 heavy (non-hydrogen) atoms. The molecule has 0 saturated carbocycles. The number of carbonyl (C=O) groups excluding carboxylic acids is 1. The molecule has 1 fully saturated rings. The molecule has 4 nitrogen and oxygen atoms in total. The quantitative estimate of drug-likeness (QED) is 0.855. The molecule has 0 bridgehead atoms. The van der Waals surface area contributed by atoms with Crippen LogP contribution < -0.4 is 0 Å². The number of benzene rings is 1. The normalized spacial score (nSPS) is 20.9. The number of carbonyl (C=O) groups is 1. The Bertz CT molecular complexity index is 627. The summed E-state index contributed by atoms with van der Waals surface area (Å²) < 4.78 is 36.8. The Morgan fingerprint density at radius 2 is 2.15 bits per heavy atom. The minimum Gasteiger partial charge on any atom is -0.335 e. The summed E-state index contributed by atoms with van der Waals surface area (Å²) in [5, 5.41) is 0. The van der Waals surface area contributed by atoms with Crippen molar-refractivity contribution in [2.45, 2.75) is 26.3 Å². The molecule has 1 aliphatic rings. The molecule has 0 radical (unpaired) electrons. The van der Waals surface area contributed by atoms with Gasteiger partial charge in [0.25, 0.3) is 5.91 Å². The largest absolute Gasteiger partial charge is 0.335 e. The summed E-state index contributed by atoms with van der Waals surface area (Å²) in [7, 11) is -3.07. The summed E-state index contributed by atoms with van der Waals surface area (Å²) >= 11 is 0. The molecule has 1 unspecified atom stereocenters. The van der Waals surface area contributed by atoms with Gasteiger partial charge in [0.05, 0.1) is 17.1 Å². The van der Waals surface area contributed by atoms with Crippen LogP contribution >= 0.6 is 0 Å². The number of nitrogens with zero attached hydrogens (tertiary/aromatic N) is 1. The number of rotatable bonds is 3. The van der Waals surface area contributed by atoms with Crippen LogP contribution in [-0.4, -0.2) is 43.3 Å². The van der Waals surface area contributed by atoms with Gasteiger partial charge in [0.1, 0.15) is 5.82 Å². The van der Waals surface area contributed by atoms with Crippen LogP contribution in [-0.2, 0) is 9.84 Å². The summed E-state index contributed by atoms with van der Waals surface area (Å²) in [6, 6.07) is 4.02. The molecule has 1 atom stereocenters. The van der Waals surface area contributed by atoms with E-state index in [1.165, 1.54) is 17.0 Å². The maximum absolute atomic E-state index is 13.8. The first-order valence-corrected chi connectivity index (χ1v) is 8.43. The second-order valence-corrected chi connectivity index (χ2v) is 7.36. The summed E-state index contributed by atoms with van der Waals surface area (Å²) in [6.45, 7) is 3.93. The topological polar surface area (TPSA) is 54.5 Å². The van der Waals surface area contributed by atoms with E-state index in [9.17, 15) is 17.6 Å². The van der Waals surface area contributed by atoms with E-state index >= 15 is 0 Å². The van der Waals surface area contributed by atoms with E-state index in [0.29, 0.717) is 13.0 Å². The zero-order chi connectivity index (χ0) is 14.9. The SMILES string of the molecule is CCN(C(=O)c1cc(C)ccc1F)C1CCS(=O)(=O)C1. The lowest BCUT2D eigenvalue weighted by molar-refractivity contribution is 0.0703. The minimum absolute atomic E-state index is 0.0103. The van der Waals surface area contributed by atoms with E-state index in [2.05, 4.69) is 0 Å². The molecule has 0 aliphatic carbocycles. The molecule has 2 rings (SSSR count). The number of amides is 1. The molecule has 0 spiro atoms. The second-order valence-electron chi connectivity index (χ2n) is 5.13. The Morgan fingerprint density at radius 1 is 1.45 bits per heavy atom. The van der Waals surface area contributed by atoms with Crippen molar-refractivity contribution in [3.63, 3.8) is 0 Å². The van der Waals surface area contributed by atoms with Gasteiger partial charge in [-0.05, 0) is 32.4 Å². The smallest absolute Gasteiger partial charge is 0.257 e. The summed E-state index contributed by atoms with van der Waals surface area (Å²) in [6.07, 6.45) is 0.426. The monoisotopic (exact) mass is 299 g/mol. The summed E-state index contributed by atoms with van der Waals surface area (Å²) in [4.78, 5) is 13.9. The summed E-state index contributed by atoms with van der Waals surface area (Å²) in [5.74, 6) is -0.937. The third kappa shape index (κ3) is 3.00. The molecule has 1 aliphatic heterocycles. The average molecular weight is 299 g/mol. The van der Waals surface area contributed by atoms with Gasteiger partial charge in [-0.25, -0.2) is 12.8 Å². The maximum atomic E-state index is 13.8. The van der Waals surface area contributed by atoms with E-state index in [4.69, 9.17) is 0 Å². The lowest BCUT2D eigenvalue weighted by Crippen LogP contribution is -2.41. The highest BCUT2D eigenvalue weighted by Gasteiger charge is 2.34. The number of hydrogen-bond acceptors (Lipinski definition) is 3. The first-order valence-electron chi connectivity index (χ1n) is 6.61. The molecule has 1 amide bonds. The van der Waals surface area contributed by atoms with Crippen LogP contribution in [0.5, 0.6) is 0 Å². The van der Waals surface area contributed by atoms with Gasteiger partial charge in [0.2, 0.25) is 0 Å².